The number of hydrogen-bond acceptors (Lipinski definition) is 3. The van der Waals surface area contributed by atoms with Crippen LogP contribution >= 0.6 is 15.9 Å². The molecule has 2 atom stereocenters. The topological polar surface area (TPSA) is 45.1 Å². The van der Waals surface area contributed by atoms with Crippen molar-refractivity contribution in [1.29, 1.82) is 0 Å². The summed E-state index contributed by atoms with van der Waals surface area (Å²) in [4.78, 5) is 4.08. The maximum atomic E-state index is 9.66. The number of aliphatic hydroxyl groups excluding tert-OH is 1. The Labute approximate surface area is 98.0 Å². The number of rotatable bonds is 3. The molecular formula is C11H15BrN2O. The van der Waals surface area contributed by atoms with E-state index in [1.165, 1.54) is 0 Å². The second-order valence-electron chi connectivity index (χ2n) is 4.03. The van der Waals surface area contributed by atoms with E-state index < -0.39 is 0 Å². The lowest BCUT2D eigenvalue weighted by molar-refractivity contribution is 0.138. The molecule has 0 spiro atoms. The zero-order valence-electron chi connectivity index (χ0n) is 8.49. The molecule has 0 amide bonds. The Balaban J connectivity index is 1.87. The maximum Gasteiger partial charge on any atom is 0.0585 e. The van der Waals surface area contributed by atoms with Gasteiger partial charge in [-0.2, -0.15) is 0 Å². The Morgan fingerprint density at radius 1 is 1.47 bits per heavy atom. The molecule has 1 aliphatic carbocycles. The van der Waals surface area contributed by atoms with E-state index in [1.54, 1.807) is 12.4 Å². The molecule has 0 bridgehead atoms. The molecule has 0 saturated heterocycles. The first-order valence-electron chi connectivity index (χ1n) is 5.28. The van der Waals surface area contributed by atoms with Crippen LogP contribution in [-0.4, -0.2) is 22.7 Å². The third-order valence-electron chi connectivity index (χ3n) is 2.89. The molecule has 2 N–H and O–H groups in total. The highest BCUT2D eigenvalue weighted by molar-refractivity contribution is 9.10. The van der Waals surface area contributed by atoms with Gasteiger partial charge in [0.05, 0.1) is 18.0 Å². The number of aromatic nitrogens is 1. The minimum absolute atomic E-state index is 0.127. The Hall–Kier alpha value is -0.610. The maximum absolute atomic E-state index is 9.66. The fourth-order valence-corrected chi connectivity index (χ4v) is 2.38. The minimum atomic E-state index is -0.127. The van der Waals surface area contributed by atoms with Gasteiger partial charge in [0.1, 0.15) is 0 Å². The molecule has 0 aliphatic heterocycles. The Morgan fingerprint density at radius 2 is 2.33 bits per heavy atom. The van der Waals surface area contributed by atoms with Gasteiger partial charge < -0.3 is 10.4 Å². The monoisotopic (exact) mass is 270 g/mol. The quantitative estimate of drug-likeness (QED) is 0.887. The summed E-state index contributed by atoms with van der Waals surface area (Å²) in [6.45, 7) is 0.833. The molecule has 15 heavy (non-hydrogen) atoms. The third-order valence-corrected chi connectivity index (χ3v) is 3.33. The van der Waals surface area contributed by atoms with Crippen molar-refractivity contribution < 1.29 is 5.11 Å². The van der Waals surface area contributed by atoms with Gasteiger partial charge in [-0.05, 0) is 34.8 Å². The summed E-state index contributed by atoms with van der Waals surface area (Å²) in [7, 11) is 0. The summed E-state index contributed by atoms with van der Waals surface area (Å²) in [5, 5.41) is 13.0. The van der Waals surface area contributed by atoms with Crippen LogP contribution in [0.25, 0.3) is 0 Å². The van der Waals surface area contributed by atoms with Gasteiger partial charge in [0.25, 0.3) is 0 Å². The van der Waals surface area contributed by atoms with Crippen molar-refractivity contribution in [3.63, 3.8) is 0 Å². The molecule has 0 radical (unpaired) electrons. The van der Waals surface area contributed by atoms with Gasteiger partial charge in [0.15, 0.2) is 0 Å². The number of halogens is 1. The first kappa shape index (κ1) is 10.9. The van der Waals surface area contributed by atoms with E-state index >= 15 is 0 Å². The number of nitrogens with one attached hydrogen (secondary N) is 1. The Kier molecular flexibility index (Phi) is 3.59. The SMILES string of the molecule is OC1CCCC1CNc1cncc(Br)c1. The van der Waals surface area contributed by atoms with Crippen LogP contribution in [0.4, 0.5) is 5.69 Å². The van der Waals surface area contributed by atoms with Crippen molar-refractivity contribution in [2.75, 3.05) is 11.9 Å². The van der Waals surface area contributed by atoms with Gasteiger partial charge in [0.2, 0.25) is 0 Å². The largest absolute Gasteiger partial charge is 0.393 e. The summed E-state index contributed by atoms with van der Waals surface area (Å²) < 4.78 is 0.972. The highest BCUT2D eigenvalue weighted by Crippen LogP contribution is 2.25. The second kappa shape index (κ2) is 4.94. The molecule has 4 heteroatoms. The number of pyridine rings is 1. The van der Waals surface area contributed by atoms with Crippen LogP contribution in [0.5, 0.6) is 0 Å². The van der Waals surface area contributed by atoms with Crippen molar-refractivity contribution in [3.05, 3.63) is 22.9 Å². The Bertz CT molecular complexity index is 332. The molecule has 2 rings (SSSR count). The van der Waals surface area contributed by atoms with Crippen LogP contribution in [0, 0.1) is 5.92 Å². The van der Waals surface area contributed by atoms with Gasteiger partial charge in [-0.15, -0.1) is 0 Å². The van der Waals surface area contributed by atoms with Crippen molar-refractivity contribution in [1.82, 2.24) is 4.98 Å². The molecule has 0 aromatic carbocycles. The molecule has 1 aromatic rings. The number of nitrogens with zero attached hydrogens (tertiary/aromatic N) is 1. The van der Waals surface area contributed by atoms with Crippen molar-refractivity contribution in [2.24, 2.45) is 5.92 Å². The summed E-state index contributed by atoms with van der Waals surface area (Å²) in [6, 6.07) is 1.99. The van der Waals surface area contributed by atoms with E-state index in [9.17, 15) is 5.11 Å². The highest BCUT2D eigenvalue weighted by atomic mass is 79.9. The van der Waals surface area contributed by atoms with E-state index in [2.05, 4.69) is 26.2 Å². The zero-order valence-corrected chi connectivity index (χ0v) is 10.1. The Morgan fingerprint density at radius 3 is 3.00 bits per heavy atom. The third kappa shape index (κ3) is 2.92. The van der Waals surface area contributed by atoms with E-state index in [-0.39, 0.29) is 6.10 Å². The molecule has 1 saturated carbocycles. The first-order chi connectivity index (χ1) is 7.25. The number of anilines is 1. The van der Waals surface area contributed by atoms with Gasteiger partial charge in [0, 0.05) is 23.1 Å². The van der Waals surface area contributed by atoms with Crippen LogP contribution in [0.2, 0.25) is 0 Å². The fraction of sp³-hybridized carbons (Fsp3) is 0.545. The van der Waals surface area contributed by atoms with E-state index in [0.717, 1.165) is 36.0 Å². The van der Waals surface area contributed by atoms with Gasteiger partial charge in [-0.3, -0.25) is 4.98 Å². The molecule has 1 heterocycles. The summed E-state index contributed by atoms with van der Waals surface area (Å²) in [5.41, 5.74) is 1.00. The van der Waals surface area contributed by atoms with Crippen LogP contribution < -0.4 is 5.32 Å². The summed E-state index contributed by atoms with van der Waals surface area (Å²) in [6.07, 6.45) is 6.64. The predicted molar refractivity (Wildman–Crippen MR) is 63.8 cm³/mol. The van der Waals surface area contributed by atoms with Crippen LogP contribution in [0.15, 0.2) is 22.9 Å². The number of hydrogen-bond donors (Lipinski definition) is 2. The normalized spacial score (nSPS) is 25.5. The van der Waals surface area contributed by atoms with E-state index in [1.807, 2.05) is 6.07 Å². The first-order valence-corrected chi connectivity index (χ1v) is 6.07. The molecule has 1 aromatic heterocycles. The van der Waals surface area contributed by atoms with Crippen LogP contribution in [0.1, 0.15) is 19.3 Å². The van der Waals surface area contributed by atoms with Gasteiger partial charge in [-0.25, -0.2) is 0 Å². The summed E-state index contributed by atoms with van der Waals surface area (Å²) in [5.74, 6) is 0.393. The summed E-state index contributed by atoms with van der Waals surface area (Å²) >= 11 is 3.38. The van der Waals surface area contributed by atoms with E-state index in [4.69, 9.17) is 0 Å². The molecular weight excluding hydrogens is 256 g/mol. The van der Waals surface area contributed by atoms with Crippen LogP contribution in [0.3, 0.4) is 0 Å². The zero-order chi connectivity index (χ0) is 10.7. The number of aliphatic hydroxyl groups is 1. The van der Waals surface area contributed by atoms with E-state index in [0.29, 0.717) is 5.92 Å². The fourth-order valence-electron chi connectivity index (χ4n) is 2.01. The van der Waals surface area contributed by atoms with Gasteiger partial charge >= 0.3 is 0 Å². The average molecular weight is 271 g/mol. The van der Waals surface area contributed by atoms with Crippen molar-refractivity contribution >= 4 is 21.6 Å². The molecule has 3 nitrogen and oxygen atoms in total. The highest BCUT2D eigenvalue weighted by Gasteiger charge is 2.24. The lowest BCUT2D eigenvalue weighted by Gasteiger charge is -2.15. The van der Waals surface area contributed by atoms with Gasteiger partial charge in [-0.1, -0.05) is 6.42 Å². The molecule has 82 valence electrons. The smallest absolute Gasteiger partial charge is 0.0585 e. The van der Waals surface area contributed by atoms with Crippen molar-refractivity contribution in [3.8, 4) is 0 Å². The lowest BCUT2D eigenvalue weighted by Crippen LogP contribution is -2.21. The standard InChI is InChI=1S/C11H15BrN2O/c12-9-4-10(7-13-6-9)14-5-8-2-1-3-11(8)15/h4,6-8,11,14-15H,1-3,5H2. The minimum Gasteiger partial charge on any atom is -0.393 e. The molecule has 1 aliphatic rings. The predicted octanol–water partition coefficient (Wildman–Crippen LogP) is 2.42. The van der Waals surface area contributed by atoms with Crippen molar-refractivity contribution in [2.45, 2.75) is 25.4 Å². The molecule has 1 fully saturated rings. The second-order valence-corrected chi connectivity index (χ2v) is 4.95. The van der Waals surface area contributed by atoms with Crippen LogP contribution in [-0.2, 0) is 0 Å². The molecule has 2 unspecified atom stereocenters. The lowest BCUT2D eigenvalue weighted by atomic mass is 10.1. The average Bonchev–Trinajstić information content (AvgIpc) is 2.61.